The molecule has 0 aliphatic rings. The number of amides is 1. The molecule has 0 saturated heterocycles. The molecule has 0 aliphatic heterocycles. The van der Waals surface area contributed by atoms with E-state index < -0.39 is 4.92 Å². The molecule has 0 aliphatic carbocycles. The molecule has 0 fully saturated rings. The van der Waals surface area contributed by atoms with Crippen LogP contribution in [-0.4, -0.2) is 15.8 Å². The Morgan fingerprint density at radius 3 is 2.68 bits per heavy atom. The Morgan fingerprint density at radius 2 is 2.00 bits per heavy atom. The smallest absolute Gasteiger partial charge is 0.270 e. The van der Waals surface area contributed by atoms with Crippen molar-refractivity contribution in [3.05, 3.63) is 75.2 Å². The maximum Gasteiger partial charge on any atom is 0.270 e. The van der Waals surface area contributed by atoms with Gasteiger partial charge >= 0.3 is 0 Å². The van der Waals surface area contributed by atoms with Crippen molar-refractivity contribution in [3.8, 4) is 11.3 Å². The molecule has 3 rings (SSSR count). The molecule has 3 aromatic rings. The second-order valence-corrected chi connectivity index (χ2v) is 6.21. The minimum absolute atomic E-state index is 0.00657. The molecule has 25 heavy (non-hydrogen) atoms. The number of aryl methyl sites for hydroxylation is 1. The van der Waals surface area contributed by atoms with Crippen LogP contribution in [0.4, 0.5) is 10.8 Å². The third-order valence-electron chi connectivity index (χ3n) is 3.70. The number of nitrogens with one attached hydrogen (secondary N) is 1. The molecule has 1 amide bonds. The van der Waals surface area contributed by atoms with Gasteiger partial charge in [-0.1, -0.05) is 31.2 Å². The molecule has 0 unspecified atom stereocenters. The summed E-state index contributed by atoms with van der Waals surface area (Å²) in [5.41, 5.74) is 2.96. The Morgan fingerprint density at radius 1 is 1.24 bits per heavy atom. The van der Waals surface area contributed by atoms with Gasteiger partial charge in [0.2, 0.25) is 0 Å². The quantitative estimate of drug-likeness (QED) is 0.539. The topological polar surface area (TPSA) is 85.1 Å². The predicted octanol–water partition coefficient (Wildman–Crippen LogP) is 4.53. The number of nitrogens with zero attached hydrogens (tertiary/aromatic N) is 2. The molecule has 0 spiro atoms. The summed E-state index contributed by atoms with van der Waals surface area (Å²) >= 11 is 1.28. The molecule has 1 aromatic heterocycles. The van der Waals surface area contributed by atoms with Gasteiger partial charge in [0.1, 0.15) is 0 Å². The van der Waals surface area contributed by atoms with E-state index in [1.807, 2.05) is 12.1 Å². The zero-order valence-corrected chi connectivity index (χ0v) is 14.2. The van der Waals surface area contributed by atoms with Crippen LogP contribution < -0.4 is 5.32 Å². The molecule has 2 aromatic carbocycles. The van der Waals surface area contributed by atoms with Crippen LogP contribution in [0.3, 0.4) is 0 Å². The van der Waals surface area contributed by atoms with Gasteiger partial charge in [-0.25, -0.2) is 4.98 Å². The van der Waals surface area contributed by atoms with Gasteiger partial charge in [-0.2, -0.15) is 0 Å². The van der Waals surface area contributed by atoms with Crippen molar-refractivity contribution in [1.82, 2.24) is 4.98 Å². The standard InChI is InChI=1S/C18H15N3O3S/c1-2-12-6-8-13(9-7-12)17(22)20-18-19-16(11-25-18)14-4-3-5-15(10-14)21(23)24/h3-11H,2H2,1H3,(H,19,20,22). The SMILES string of the molecule is CCc1ccc(C(=O)Nc2nc(-c3cccc([N+](=O)[O-])c3)cs2)cc1. The highest BCUT2D eigenvalue weighted by Crippen LogP contribution is 2.27. The Labute approximate surface area is 148 Å². The third kappa shape index (κ3) is 3.89. The van der Waals surface area contributed by atoms with Crippen LogP contribution in [-0.2, 0) is 6.42 Å². The van der Waals surface area contributed by atoms with Crippen LogP contribution in [0.15, 0.2) is 53.9 Å². The molecule has 0 atom stereocenters. The lowest BCUT2D eigenvalue weighted by Gasteiger charge is -2.03. The Balaban J connectivity index is 1.76. The van der Waals surface area contributed by atoms with Gasteiger partial charge in [0.15, 0.2) is 5.13 Å². The van der Waals surface area contributed by atoms with E-state index in [2.05, 4.69) is 17.2 Å². The van der Waals surface area contributed by atoms with Crippen molar-refractivity contribution >= 4 is 28.1 Å². The Kier molecular flexibility index (Phi) is 4.85. The number of benzene rings is 2. The van der Waals surface area contributed by atoms with Gasteiger partial charge in [0.25, 0.3) is 11.6 Å². The van der Waals surface area contributed by atoms with Crippen LogP contribution in [0.25, 0.3) is 11.3 Å². The summed E-state index contributed by atoms with van der Waals surface area (Å²) in [7, 11) is 0. The van der Waals surface area contributed by atoms with Gasteiger partial charge in [-0.15, -0.1) is 11.3 Å². The molecule has 1 N–H and O–H groups in total. The van der Waals surface area contributed by atoms with E-state index in [0.29, 0.717) is 22.0 Å². The normalized spacial score (nSPS) is 10.4. The van der Waals surface area contributed by atoms with Crippen LogP contribution >= 0.6 is 11.3 Å². The van der Waals surface area contributed by atoms with Crippen LogP contribution in [0.2, 0.25) is 0 Å². The molecule has 1 heterocycles. The summed E-state index contributed by atoms with van der Waals surface area (Å²) in [6.45, 7) is 2.06. The number of rotatable bonds is 5. The van der Waals surface area contributed by atoms with Gasteiger partial charge in [-0.3, -0.25) is 20.2 Å². The summed E-state index contributed by atoms with van der Waals surface area (Å²) in [5, 5.41) is 15.8. The van der Waals surface area contributed by atoms with E-state index in [1.165, 1.54) is 29.0 Å². The lowest BCUT2D eigenvalue weighted by Crippen LogP contribution is -2.11. The third-order valence-corrected chi connectivity index (χ3v) is 4.46. The second kappa shape index (κ2) is 7.23. The van der Waals surface area contributed by atoms with Crippen molar-refractivity contribution in [2.75, 3.05) is 5.32 Å². The molecule has 6 nitrogen and oxygen atoms in total. The molecule has 7 heteroatoms. The molecular formula is C18H15N3O3S. The predicted molar refractivity (Wildman–Crippen MR) is 98.0 cm³/mol. The van der Waals surface area contributed by atoms with Gasteiger partial charge in [0, 0.05) is 28.6 Å². The number of anilines is 1. The van der Waals surface area contributed by atoms with E-state index in [1.54, 1.807) is 29.6 Å². The average molecular weight is 353 g/mol. The van der Waals surface area contributed by atoms with Crippen molar-refractivity contribution in [2.24, 2.45) is 0 Å². The summed E-state index contributed by atoms with van der Waals surface area (Å²) in [6, 6.07) is 13.7. The number of aromatic nitrogens is 1. The Bertz CT molecular complexity index is 919. The molecule has 126 valence electrons. The van der Waals surface area contributed by atoms with Crippen LogP contribution in [0.5, 0.6) is 0 Å². The van der Waals surface area contributed by atoms with Crippen molar-refractivity contribution in [1.29, 1.82) is 0 Å². The maximum absolute atomic E-state index is 12.3. The first-order chi connectivity index (χ1) is 12.1. The highest BCUT2D eigenvalue weighted by atomic mass is 32.1. The monoisotopic (exact) mass is 353 g/mol. The number of nitro benzene ring substituents is 1. The second-order valence-electron chi connectivity index (χ2n) is 5.35. The van der Waals surface area contributed by atoms with Gasteiger partial charge in [-0.05, 0) is 24.1 Å². The van der Waals surface area contributed by atoms with Crippen LogP contribution in [0.1, 0.15) is 22.8 Å². The molecular weight excluding hydrogens is 338 g/mol. The molecule has 0 saturated carbocycles. The minimum Gasteiger partial charge on any atom is -0.298 e. The minimum atomic E-state index is -0.446. The van der Waals surface area contributed by atoms with Crippen molar-refractivity contribution < 1.29 is 9.72 Å². The van der Waals surface area contributed by atoms with E-state index in [4.69, 9.17) is 0 Å². The van der Waals surface area contributed by atoms with Gasteiger partial charge in [0.05, 0.1) is 10.6 Å². The zero-order chi connectivity index (χ0) is 17.8. The lowest BCUT2D eigenvalue weighted by molar-refractivity contribution is -0.384. The highest BCUT2D eigenvalue weighted by molar-refractivity contribution is 7.14. The average Bonchev–Trinajstić information content (AvgIpc) is 3.10. The zero-order valence-electron chi connectivity index (χ0n) is 13.4. The van der Waals surface area contributed by atoms with E-state index in [9.17, 15) is 14.9 Å². The van der Waals surface area contributed by atoms with E-state index >= 15 is 0 Å². The molecule has 0 bridgehead atoms. The summed E-state index contributed by atoms with van der Waals surface area (Å²) in [6.07, 6.45) is 0.918. The maximum atomic E-state index is 12.3. The highest BCUT2D eigenvalue weighted by Gasteiger charge is 2.12. The first-order valence-electron chi connectivity index (χ1n) is 7.67. The van der Waals surface area contributed by atoms with Crippen molar-refractivity contribution in [2.45, 2.75) is 13.3 Å². The number of thiazole rings is 1. The first-order valence-corrected chi connectivity index (χ1v) is 8.55. The Hall–Kier alpha value is -3.06. The number of carbonyl (C=O) groups is 1. The number of hydrogen-bond donors (Lipinski definition) is 1. The van der Waals surface area contributed by atoms with Crippen LogP contribution in [0, 0.1) is 10.1 Å². The first kappa shape index (κ1) is 16.8. The summed E-state index contributed by atoms with van der Waals surface area (Å²) < 4.78 is 0. The largest absolute Gasteiger partial charge is 0.298 e. The number of non-ortho nitro benzene ring substituents is 1. The van der Waals surface area contributed by atoms with Gasteiger partial charge < -0.3 is 0 Å². The number of nitro groups is 1. The molecule has 0 radical (unpaired) electrons. The fourth-order valence-electron chi connectivity index (χ4n) is 2.30. The number of hydrogen-bond acceptors (Lipinski definition) is 5. The summed E-state index contributed by atoms with van der Waals surface area (Å²) in [5.74, 6) is -0.234. The van der Waals surface area contributed by atoms with E-state index in [0.717, 1.165) is 6.42 Å². The van der Waals surface area contributed by atoms with Crippen molar-refractivity contribution in [3.63, 3.8) is 0 Å². The fraction of sp³-hybridized carbons (Fsp3) is 0.111. The van der Waals surface area contributed by atoms with E-state index in [-0.39, 0.29) is 11.6 Å². The lowest BCUT2D eigenvalue weighted by atomic mass is 10.1. The fourth-order valence-corrected chi connectivity index (χ4v) is 3.02. The number of carbonyl (C=O) groups excluding carboxylic acids is 1. The summed E-state index contributed by atoms with van der Waals surface area (Å²) in [4.78, 5) is 27.0.